The summed E-state index contributed by atoms with van der Waals surface area (Å²) in [5.74, 6) is 1.23. The molecule has 2 aromatic rings. The van der Waals surface area contributed by atoms with Crippen LogP contribution in [0, 0.1) is 6.92 Å². The number of benzene rings is 1. The van der Waals surface area contributed by atoms with Gasteiger partial charge in [-0.15, -0.1) is 0 Å². The number of nitrogen functional groups attached to an aromatic ring is 1. The van der Waals surface area contributed by atoms with Crippen LogP contribution in [-0.4, -0.2) is 29.7 Å². The minimum absolute atomic E-state index is 0.0539. The zero-order valence-electron chi connectivity index (χ0n) is 12.6. The summed E-state index contributed by atoms with van der Waals surface area (Å²) in [5, 5.41) is 0. The Balaban J connectivity index is 2.40. The fourth-order valence-corrected chi connectivity index (χ4v) is 2.33. The summed E-state index contributed by atoms with van der Waals surface area (Å²) in [6.07, 6.45) is 0. The Bertz CT molecular complexity index is 647. The monoisotopic (exact) mass is 289 g/mol. The number of ether oxygens (including phenoxy) is 2. The lowest BCUT2D eigenvalue weighted by molar-refractivity contribution is 0.0595. The van der Waals surface area contributed by atoms with Crippen LogP contribution < -0.4 is 10.5 Å². The molecule has 0 aliphatic rings. The van der Waals surface area contributed by atoms with E-state index in [1.807, 2.05) is 42.7 Å². The van der Waals surface area contributed by atoms with E-state index in [4.69, 9.17) is 10.5 Å². The number of imidazole rings is 1. The fraction of sp³-hybridized carbons (Fsp3) is 0.333. The van der Waals surface area contributed by atoms with Gasteiger partial charge in [0.05, 0.1) is 20.3 Å². The van der Waals surface area contributed by atoms with E-state index in [1.54, 1.807) is 7.11 Å². The van der Waals surface area contributed by atoms with E-state index in [1.165, 1.54) is 7.11 Å². The van der Waals surface area contributed by atoms with E-state index in [0.29, 0.717) is 11.6 Å². The Morgan fingerprint density at radius 3 is 2.43 bits per heavy atom. The number of methoxy groups -OCH3 is 2. The van der Waals surface area contributed by atoms with Crippen molar-refractivity contribution >= 4 is 11.8 Å². The molecule has 6 heteroatoms. The quantitative estimate of drug-likeness (QED) is 0.873. The van der Waals surface area contributed by atoms with Crippen molar-refractivity contribution in [3.05, 3.63) is 41.3 Å². The summed E-state index contributed by atoms with van der Waals surface area (Å²) in [4.78, 5) is 15.8. The fourth-order valence-electron chi connectivity index (χ4n) is 2.33. The van der Waals surface area contributed by atoms with Crippen LogP contribution in [0.1, 0.15) is 34.8 Å². The van der Waals surface area contributed by atoms with Crippen molar-refractivity contribution in [2.24, 2.45) is 0 Å². The van der Waals surface area contributed by atoms with Gasteiger partial charge in [-0.3, -0.25) is 0 Å². The summed E-state index contributed by atoms with van der Waals surface area (Å²) >= 11 is 0. The summed E-state index contributed by atoms with van der Waals surface area (Å²) in [5.41, 5.74) is 7.24. The molecule has 0 aliphatic carbocycles. The molecule has 1 heterocycles. The number of carbonyl (C=O) groups is 1. The molecule has 0 saturated heterocycles. The first-order valence-electron chi connectivity index (χ1n) is 6.56. The lowest BCUT2D eigenvalue weighted by Gasteiger charge is -2.17. The van der Waals surface area contributed by atoms with E-state index in [9.17, 15) is 4.79 Å². The number of aromatic nitrogens is 2. The molecule has 1 aromatic heterocycles. The van der Waals surface area contributed by atoms with Crippen molar-refractivity contribution in [1.82, 2.24) is 9.55 Å². The van der Waals surface area contributed by atoms with Crippen molar-refractivity contribution < 1.29 is 14.3 Å². The summed E-state index contributed by atoms with van der Waals surface area (Å²) in [6.45, 7) is 3.80. The Hall–Kier alpha value is -2.50. The zero-order chi connectivity index (χ0) is 15.6. The first-order valence-corrected chi connectivity index (χ1v) is 6.56. The lowest BCUT2D eigenvalue weighted by atomic mass is 10.1. The molecular weight excluding hydrogens is 270 g/mol. The normalized spacial score (nSPS) is 12.0. The Kier molecular flexibility index (Phi) is 4.16. The first-order chi connectivity index (χ1) is 9.99. The summed E-state index contributed by atoms with van der Waals surface area (Å²) in [6, 6.07) is 7.63. The molecule has 0 bridgehead atoms. The number of hydrogen-bond acceptors (Lipinski definition) is 5. The average Bonchev–Trinajstić information content (AvgIpc) is 2.80. The molecule has 2 N–H and O–H groups in total. The number of hydrogen-bond donors (Lipinski definition) is 1. The maximum atomic E-state index is 11.6. The molecule has 0 aliphatic heterocycles. The van der Waals surface area contributed by atoms with Gasteiger partial charge in [0.25, 0.3) is 0 Å². The highest BCUT2D eigenvalue weighted by Crippen LogP contribution is 2.27. The highest BCUT2D eigenvalue weighted by atomic mass is 16.5. The number of nitrogens with zero attached hydrogens (tertiary/aromatic N) is 2. The second kappa shape index (κ2) is 5.87. The summed E-state index contributed by atoms with van der Waals surface area (Å²) in [7, 11) is 2.93. The number of anilines is 1. The third-order valence-electron chi connectivity index (χ3n) is 3.49. The molecule has 21 heavy (non-hydrogen) atoms. The van der Waals surface area contributed by atoms with E-state index in [0.717, 1.165) is 11.3 Å². The highest BCUT2D eigenvalue weighted by molar-refractivity contribution is 5.92. The van der Waals surface area contributed by atoms with Gasteiger partial charge in [-0.05, 0) is 31.5 Å². The molecule has 1 unspecified atom stereocenters. The maximum absolute atomic E-state index is 11.6. The smallest absolute Gasteiger partial charge is 0.360 e. The van der Waals surface area contributed by atoms with Gasteiger partial charge in [0.15, 0.2) is 5.69 Å². The number of rotatable bonds is 4. The van der Waals surface area contributed by atoms with Crippen molar-refractivity contribution in [1.29, 1.82) is 0 Å². The van der Waals surface area contributed by atoms with E-state index in [2.05, 4.69) is 9.72 Å². The van der Waals surface area contributed by atoms with Gasteiger partial charge in [0, 0.05) is 0 Å². The third-order valence-corrected chi connectivity index (χ3v) is 3.49. The second-order valence-electron chi connectivity index (χ2n) is 4.70. The zero-order valence-corrected chi connectivity index (χ0v) is 12.6. The average molecular weight is 289 g/mol. The minimum Gasteiger partial charge on any atom is -0.497 e. The third kappa shape index (κ3) is 2.69. The van der Waals surface area contributed by atoms with Crippen molar-refractivity contribution in [2.45, 2.75) is 19.9 Å². The highest BCUT2D eigenvalue weighted by Gasteiger charge is 2.22. The molecular formula is C15H19N3O3. The second-order valence-corrected chi connectivity index (χ2v) is 4.70. The van der Waals surface area contributed by atoms with Crippen LogP contribution in [0.3, 0.4) is 0 Å². The van der Waals surface area contributed by atoms with Crippen LogP contribution in [0.4, 0.5) is 5.82 Å². The van der Waals surface area contributed by atoms with Gasteiger partial charge in [-0.1, -0.05) is 12.1 Å². The first kappa shape index (κ1) is 14.9. The molecule has 6 nitrogen and oxygen atoms in total. The van der Waals surface area contributed by atoms with Crippen LogP contribution >= 0.6 is 0 Å². The number of aryl methyl sites for hydroxylation is 1. The molecule has 0 fully saturated rings. The van der Waals surface area contributed by atoms with Crippen LogP contribution in [0.25, 0.3) is 0 Å². The Morgan fingerprint density at radius 2 is 1.90 bits per heavy atom. The maximum Gasteiger partial charge on any atom is 0.360 e. The Morgan fingerprint density at radius 1 is 1.29 bits per heavy atom. The van der Waals surface area contributed by atoms with Gasteiger partial charge in [0.1, 0.15) is 17.4 Å². The molecule has 0 saturated carbocycles. The van der Waals surface area contributed by atoms with Gasteiger partial charge in [-0.2, -0.15) is 0 Å². The number of carbonyl (C=O) groups excluding carboxylic acids is 1. The van der Waals surface area contributed by atoms with E-state index >= 15 is 0 Å². The molecule has 0 spiro atoms. The molecule has 2 rings (SSSR count). The molecule has 1 atom stereocenters. The van der Waals surface area contributed by atoms with Crippen molar-refractivity contribution in [2.75, 3.05) is 20.0 Å². The Labute approximate surface area is 123 Å². The number of nitrogens with two attached hydrogens (primary N) is 1. The SMILES string of the molecule is COC(=O)c1nc(C)n(C(C)c2ccc(OC)cc2)c1N. The van der Waals surface area contributed by atoms with Gasteiger partial charge in [0.2, 0.25) is 0 Å². The van der Waals surface area contributed by atoms with Crippen LogP contribution in [-0.2, 0) is 4.74 Å². The van der Waals surface area contributed by atoms with Gasteiger partial charge < -0.3 is 19.8 Å². The standard InChI is InChI=1S/C15H19N3O3/c1-9(11-5-7-12(20-3)8-6-11)18-10(2)17-13(14(18)16)15(19)21-4/h5-9H,16H2,1-4H3. The van der Waals surface area contributed by atoms with E-state index in [-0.39, 0.29) is 11.7 Å². The minimum atomic E-state index is -0.531. The van der Waals surface area contributed by atoms with Gasteiger partial charge >= 0.3 is 5.97 Å². The number of esters is 1. The van der Waals surface area contributed by atoms with Crippen molar-refractivity contribution in [3.8, 4) is 5.75 Å². The van der Waals surface area contributed by atoms with Crippen LogP contribution in [0.2, 0.25) is 0 Å². The lowest BCUT2D eigenvalue weighted by Crippen LogP contribution is -2.13. The van der Waals surface area contributed by atoms with Crippen molar-refractivity contribution in [3.63, 3.8) is 0 Å². The largest absolute Gasteiger partial charge is 0.497 e. The van der Waals surface area contributed by atoms with Crippen LogP contribution in [0.15, 0.2) is 24.3 Å². The molecule has 0 radical (unpaired) electrons. The van der Waals surface area contributed by atoms with Crippen LogP contribution in [0.5, 0.6) is 5.75 Å². The molecule has 0 amide bonds. The van der Waals surface area contributed by atoms with E-state index < -0.39 is 5.97 Å². The molecule has 1 aromatic carbocycles. The molecule has 112 valence electrons. The predicted molar refractivity (Wildman–Crippen MR) is 79.5 cm³/mol. The van der Waals surface area contributed by atoms with Gasteiger partial charge in [-0.25, -0.2) is 9.78 Å². The predicted octanol–water partition coefficient (Wildman–Crippen LogP) is 2.18. The summed E-state index contributed by atoms with van der Waals surface area (Å²) < 4.78 is 11.7. The topological polar surface area (TPSA) is 79.4 Å².